The third-order valence-electron chi connectivity index (χ3n) is 3.25. The number of carbonyl (C=O) groups is 1. The van der Waals surface area contributed by atoms with Crippen LogP contribution in [-0.2, 0) is 4.79 Å². The Hall–Kier alpha value is -1.55. The molecule has 1 amide bonds. The minimum atomic E-state index is -0.752. The van der Waals surface area contributed by atoms with Crippen LogP contribution in [0.1, 0.15) is 18.9 Å². The first-order chi connectivity index (χ1) is 8.48. The lowest BCUT2D eigenvalue weighted by atomic mass is 10.1. The van der Waals surface area contributed by atoms with E-state index in [-0.39, 0.29) is 12.5 Å². The summed E-state index contributed by atoms with van der Waals surface area (Å²) in [5, 5.41) is 9.81. The van der Waals surface area contributed by atoms with Gasteiger partial charge in [0.1, 0.15) is 5.75 Å². The molecule has 0 spiro atoms. The van der Waals surface area contributed by atoms with Crippen LogP contribution in [0.4, 0.5) is 0 Å². The molecule has 1 unspecified atom stereocenters. The van der Waals surface area contributed by atoms with Crippen LogP contribution in [0.25, 0.3) is 0 Å². The fourth-order valence-electron chi connectivity index (χ4n) is 2.11. The number of ether oxygens (including phenoxy) is 1. The van der Waals surface area contributed by atoms with Crippen LogP contribution < -0.4 is 4.74 Å². The molecule has 4 nitrogen and oxygen atoms in total. The lowest BCUT2D eigenvalue weighted by Crippen LogP contribution is -2.36. The van der Waals surface area contributed by atoms with Gasteiger partial charge in [0.2, 0.25) is 0 Å². The van der Waals surface area contributed by atoms with Crippen LogP contribution in [0, 0.1) is 6.92 Å². The van der Waals surface area contributed by atoms with Gasteiger partial charge in [0.25, 0.3) is 5.91 Å². The van der Waals surface area contributed by atoms with Crippen molar-refractivity contribution in [2.24, 2.45) is 0 Å². The highest BCUT2D eigenvalue weighted by molar-refractivity contribution is 5.78. The Morgan fingerprint density at radius 1 is 1.50 bits per heavy atom. The Morgan fingerprint density at radius 2 is 2.22 bits per heavy atom. The number of para-hydroxylation sites is 1. The van der Waals surface area contributed by atoms with Crippen LogP contribution in [0.2, 0.25) is 0 Å². The predicted octanol–water partition coefficient (Wildman–Crippen LogP) is 1.36. The molecule has 1 atom stereocenters. The number of likely N-dealkylation sites (tertiary alicyclic amines) is 1. The highest BCUT2D eigenvalue weighted by Gasteiger charge is 2.33. The molecule has 1 aliphatic rings. The van der Waals surface area contributed by atoms with Gasteiger partial charge < -0.3 is 14.7 Å². The van der Waals surface area contributed by atoms with E-state index in [0.717, 1.165) is 11.3 Å². The molecular weight excluding hydrogens is 230 g/mol. The quantitative estimate of drug-likeness (QED) is 0.880. The zero-order valence-corrected chi connectivity index (χ0v) is 10.8. The topological polar surface area (TPSA) is 49.8 Å². The first kappa shape index (κ1) is 12.9. The maximum Gasteiger partial charge on any atom is 0.260 e. The highest BCUT2D eigenvalue weighted by Crippen LogP contribution is 2.21. The monoisotopic (exact) mass is 249 g/mol. The van der Waals surface area contributed by atoms with Crippen molar-refractivity contribution < 1.29 is 14.6 Å². The van der Waals surface area contributed by atoms with Gasteiger partial charge >= 0.3 is 0 Å². The summed E-state index contributed by atoms with van der Waals surface area (Å²) in [5.41, 5.74) is 0.261. The van der Waals surface area contributed by atoms with E-state index in [9.17, 15) is 9.90 Å². The van der Waals surface area contributed by atoms with Crippen molar-refractivity contribution in [2.75, 3.05) is 19.7 Å². The first-order valence-corrected chi connectivity index (χ1v) is 6.16. The Labute approximate surface area is 107 Å². The number of benzene rings is 1. The fourth-order valence-corrected chi connectivity index (χ4v) is 2.11. The highest BCUT2D eigenvalue weighted by atomic mass is 16.5. The summed E-state index contributed by atoms with van der Waals surface area (Å²) in [6.45, 7) is 4.72. The van der Waals surface area contributed by atoms with Gasteiger partial charge in [0, 0.05) is 13.1 Å². The van der Waals surface area contributed by atoms with Crippen LogP contribution in [-0.4, -0.2) is 41.2 Å². The standard InChI is InChI=1S/C14H19NO3/c1-11-5-3-4-6-12(11)18-9-13(16)15-8-7-14(2,17)10-15/h3-6,17H,7-10H2,1-2H3. The normalized spacial score (nSPS) is 23.2. The Bertz CT molecular complexity index is 442. The van der Waals surface area contributed by atoms with E-state index < -0.39 is 5.60 Å². The molecule has 1 saturated heterocycles. The number of β-amino-alcohol motifs (C(OH)–C–C–N with tert-alkyl or cyclic N) is 1. The van der Waals surface area contributed by atoms with E-state index in [1.807, 2.05) is 31.2 Å². The van der Waals surface area contributed by atoms with Crippen molar-refractivity contribution in [3.05, 3.63) is 29.8 Å². The average Bonchev–Trinajstić information content (AvgIpc) is 2.68. The van der Waals surface area contributed by atoms with Gasteiger partial charge in [-0.05, 0) is 31.9 Å². The number of nitrogens with zero attached hydrogens (tertiary/aromatic N) is 1. The summed E-state index contributed by atoms with van der Waals surface area (Å²) < 4.78 is 5.51. The molecule has 1 N–H and O–H groups in total. The van der Waals surface area contributed by atoms with Gasteiger partial charge in [-0.1, -0.05) is 18.2 Å². The van der Waals surface area contributed by atoms with Crippen molar-refractivity contribution in [1.29, 1.82) is 0 Å². The fraction of sp³-hybridized carbons (Fsp3) is 0.500. The second-order valence-corrected chi connectivity index (χ2v) is 5.12. The summed E-state index contributed by atoms with van der Waals surface area (Å²) in [5.74, 6) is 0.660. The molecule has 1 aliphatic heterocycles. The Morgan fingerprint density at radius 3 is 2.83 bits per heavy atom. The van der Waals surface area contributed by atoms with Crippen molar-refractivity contribution in [1.82, 2.24) is 4.90 Å². The molecule has 1 fully saturated rings. The molecule has 1 aromatic rings. The lowest BCUT2D eigenvalue weighted by molar-refractivity contribution is -0.133. The first-order valence-electron chi connectivity index (χ1n) is 6.16. The molecule has 1 aromatic carbocycles. The number of aryl methyl sites for hydroxylation is 1. The third-order valence-corrected chi connectivity index (χ3v) is 3.25. The Balaban J connectivity index is 1.88. The van der Waals surface area contributed by atoms with Crippen LogP contribution in [0.15, 0.2) is 24.3 Å². The van der Waals surface area contributed by atoms with Crippen molar-refractivity contribution in [3.8, 4) is 5.75 Å². The molecule has 18 heavy (non-hydrogen) atoms. The summed E-state index contributed by atoms with van der Waals surface area (Å²) in [6.07, 6.45) is 0.628. The summed E-state index contributed by atoms with van der Waals surface area (Å²) >= 11 is 0. The van der Waals surface area contributed by atoms with Crippen LogP contribution in [0.5, 0.6) is 5.75 Å². The van der Waals surface area contributed by atoms with Crippen LogP contribution in [0.3, 0.4) is 0 Å². The van der Waals surface area contributed by atoms with E-state index in [1.54, 1.807) is 11.8 Å². The van der Waals surface area contributed by atoms with Gasteiger partial charge in [-0.2, -0.15) is 0 Å². The summed E-state index contributed by atoms with van der Waals surface area (Å²) in [7, 11) is 0. The predicted molar refractivity (Wildman–Crippen MR) is 68.5 cm³/mol. The smallest absolute Gasteiger partial charge is 0.260 e. The van der Waals surface area contributed by atoms with Crippen molar-refractivity contribution >= 4 is 5.91 Å². The summed E-state index contributed by atoms with van der Waals surface area (Å²) in [4.78, 5) is 13.6. The number of hydrogen-bond acceptors (Lipinski definition) is 3. The van der Waals surface area contributed by atoms with E-state index in [2.05, 4.69) is 0 Å². The summed E-state index contributed by atoms with van der Waals surface area (Å²) in [6, 6.07) is 7.61. The third kappa shape index (κ3) is 3.01. The maximum atomic E-state index is 11.9. The minimum absolute atomic E-state index is 0.0287. The van der Waals surface area contributed by atoms with E-state index in [4.69, 9.17) is 4.74 Å². The number of hydrogen-bond donors (Lipinski definition) is 1. The number of rotatable bonds is 3. The van der Waals surface area contributed by atoms with Gasteiger partial charge in [-0.3, -0.25) is 4.79 Å². The van der Waals surface area contributed by atoms with E-state index in [0.29, 0.717) is 19.5 Å². The molecule has 2 rings (SSSR count). The second-order valence-electron chi connectivity index (χ2n) is 5.12. The van der Waals surface area contributed by atoms with Gasteiger partial charge in [-0.25, -0.2) is 0 Å². The number of amides is 1. The van der Waals surface area contributed by atoms with Crippen LogP contribution >= 0.6 is 0 Å². The lowest BCUT2D eigenvalue weighted by Gasteiger charge is -2.19. The SMILES string of the molecule is Cc1ccccc1OCC(=O)N1CCC(C)(O)C1. The van der Waals surface area contributed by atoms with E-state index >= 15 is 0 Å². The Kier molecular flexibility index (Phi) is 3.57. The molecule has 1 heterocycles. The molecule has 0 bridgehead atoms. The molecular formula is C14H19NO3. The van der Waals surface area contributed by atoms with Crippen molar-refractivity contribution in [2.45, 2.75) is 25.9 Å². The number of aliphatic hydroxyl groups is 1. The second kappa shape index (κ2) is 4.98. The molecule has 98 valence electrons. The largest absolute Gasteiger partial charge is 0.484 e. The maximum absolute atomic E-state index is 11.9. The molecule has 0 saturated carbocycles. The van der Waals surface area contributed by atoms with Gasteiger partial charge in [-0.15, -0.1) is 0 Å². The van der Waals surface area contributed by atoms with Crippen molar-refractivity contribution in [3.63, 3.8) is 0 Å². The molecule has 4 heteroatoms. The minimum Gasteiger partial charge on any atom is -0.484 e. The van der Waals surface area contributed by atoms with Gasteiger partial charge in [0.15, 0.2) is 6.61 Å². The molecule has 0 radical (unpaired) electrons. The average molecular weight is 249 g/mol. The van der Waals surface area contributed by atoms with E-state index in [1.165, 1.54) is 0 Å². The number of carbonyl (C=O) groups excluding carboxylic acids is 1. The van der Waals surface area contributed by atoms with Gasteiger partial charge in [0.05, 0.1) is 5.60 Å². The molecule has 0 aliphatic carbocycles. The zero-order valence-electron chi connectivity index (χ0n) is 10.8. The zero-order chi connectivity index (χ0) is 13.2. The molecule has 0 aromatic heterocycles.